The summed E-state index contributed by atoms with van der Waals surface area (Å²) in [6, 6.07) is 1.78. The Labute approximate surface area is 228 Å². The van der Waals surface area contributed by atoms with Crippen molar-refractivity contribution in [1.82, 2.24) is 9.88 Å². The zero-order valence-electron chi connectivity index (χ0n) is 22.2. The molecule has 0 radical (unpaired) electrons. The molecule has 13 heteroatoms. The predicted molar refractivity (Wildman–Crippen MR) is 140 cm³/mol. The number of likely N-dealkylation sites (N-methyl/N-ethyl adjacent to an activating group) is 1. The van der Waals surface area contributed by atoms with E-state index in [2.05, 4.69) is 10.3 Å². The lowest BCUT2D eigenvalue weighted by Gasteiger charge is -2.53. The van der Waals surface area contributed by atoms with Crippen LogP contribution >= 0.6 is 0 Å². The van der Waals surface area contributed by atoms with E-state index in [0.29, 0.717) is 17.7 Å². The number of aromatic hydroxyl groups is 1. The standard InChI is InChI=1S/C27H30N4O9/c1-5-10-8-40-26(29-10)30-12-7-6-11-9(2)13-15(20(33)14(11)19(12)32)23(36)27(39)17(21(13)34)18(31(3)4)22(35)16(24(27)37)25(28)38/h6-9,13,17-18,21,32-34,37,39H,5H2,1-4H3,(H2,28,38)(H,29,30)/t9-,13+,17+,18-,21-,27-/m1/s1. The van der Waals surface area contributed by atoms with Crippen molar-refractivity contribution in [2.75, 3.05) is 19.4 Å². The van der Waals surface area contributed by atoms with E-state index in [1.54, 1.807) is 13.0 Å². The molecule has 0 unspecified atom stereocenters. The first kappa shape index (κ1) is 27.4. The first-order chi connectivity index (χ1) is 18.8. The second-order valence-electron chi connectivity index (χ2n) is 10.6. The van der Waals surface area contributed by atoms with Crippen LogP contribution in [0.25, 0.3) is 5.76 Å². The number of primary amides is 1. The van der Waals surface area contributed by atoms with Gasteiger partial charge in [0.05, 0.1) is 35.0 Å². The van der Waals surface area contributed by atoms with Gasteiger partial charge in [-0.1, -0.05) is 19.9 Å². The number of hydrogen-bond acceptors (Lipinski definition) is 12. The summed E-state index contributed by atoms with van der Waals surface area (Å²) in [6.07, 6.45) is 0.399. The Bertz CT molecular complexity index is 1520. The number of hydrogen-bond donors (Lipinski definition) is 7. The summed E-state index contributed by atoms with van der Waals surface area (Å²) in [5.41, 5.74) is 1.93. The Morgan fingerprint density at radius 2 is 1.90 bits per heavy atom. The number of aliphatic hydroxyl groups excluding tert-OH is 3. The maximum absolute atomic E-state index is 14.0. The highest BCUT2D eigenvalue weighted by Crippen LogP contribution is 2.56. The van der Waals surface area contributed by atoms with Gasteiger partial charge < -0.3 is 41.0 Å². The van der Waals surface area contributed by atoms with Crippen molar-refractivity contribution < 1.29 is 44.3 Å². The number of anilines is 2. The van der Waals surface area contributed by atoms with E-state index in [-0.39, 0.29) is 17.3 Å². The number of carbonyl (C=O) groups is 3. The molecule has 1 fully saturated rings. The number of ketones is 2. The molecule has 13 nitrogen and oxygen atoms in total. The fourth-order valence-corrected chi connectivity index (χ4v) is 6.36. The number of nitrogens with zero attached hydrogens (tertiary/aromatic N) is 2. The molecule has 1 aromatic heterocycles. The van der Waals surface area contributed by atoms with Gasteiger partial charge in [-0.05, 0) is 38.1 Å². The van der Waals surface area contributed by atoms with Crippen molar-refractivity contribution in [2.24, 2.45) is 17.6 Å². The Morgan fingerprint density at radius 1 is 1.23 bits per heavy atom. The molecule has 2 aromatic rings. The highest BCUT2D eigenvalue weighted by Gasteiger charge is 2.68. The molecule has 0 spiro atoms. The van der Waals surface area contributed by atoms with Crippen LogP contribution < -0.4 is 11.1 Å². The van der Waals surface area contributed by atoms with Crippen LogP contribution in [0.15, 0.2) is 39.7 Å². The second-order valence-corrected chi connectivity index (χ2v) is 10.6. The fourth-order valence-electron chi connectivity index (χ4n) is 6.36. The van der Waals surface area contributed by atoms with Crippen molar-refractivity contribution in [1.29, 1.82) is 0 Å². The van der Waals surface area contributed by atoms with Crippen molar-refractivity contribution in [3.05, 3.63) is 52.1 Å². The number of fused-ring (bicyclic) bond motifs is 3. The molecular weight excluding hydrogens is 524 g/mol. The first-order valence-corrected chi connectivity index (χ1v) is 12.7. The topological polar surface area (TPSA) is 220 Å². The summed E-state index contributed by atoms with van der Waals surface area (Å²) in [5, 5.41) is 59.7. The van der Waals surface area contributed by atoms with Crippen LogP contribution in [0.1, 0.15) is 36.6 Å². The van der Waals surface area contributed by atoms with Gasteiger partial charge >= 0.3 is 0 Å². The molecule has 0 saturated heterocycles. The van der Waals surface area contributed by atoms with Crippen molar-refractivity contribution in [3.8, 4) is 5.75 Å². The third-order valence-corrected chi connectivity index (χ3v) is 8.29. The lowest BCUT2D eigenvalue weighted by molar-refractivity contribution is -0.169. The first-order valence-electron chi connectivity index (χ1n) is 12.7. The Balaban J connectivity index is 1.71. The molecular formula is C27H30N4O9. The van der Waals surface area contributed by atoms with Crippen LogP contribution in [0.3, 0.4) is 0 Å². The number of nitrogens with two attached hydrogens (primary N) is 1. The number of benzene rings is 1. The molecule has 0 aliphatic heterocycles. The van der Waals surface area contributed by atoms with Crippen LogP contribution in [-0.2, 0) is 20.8 Å². The van der Waals surface area contributed by atoms with E-state index in [0.717, 1.165) is 0 Å². The molecule has 1 amide bonds. The summed E-state index contributed by atoms with van der Waals surface area (Å²) in [5.74, 6) is -9.48. The van der Waals surface area contributed by atoms with Crippen molar-refractivity contribution in [2.45, 2.75) is 43.9 Å². The lowest BCUT2D eigenvalue weighted by Crippen LogP contribution is -2.70. The number of aromatic nitrogens is 1. The molecule has 212 valence electrons. The maximum Gasteiger partial charge on any atom is 0.299 e. The number of Topliss-reactive ketones (excluding diaryl/α,β-unsaturated/α-hetero) is 2. The van der Waals surface area contributed by atoms with E-state index >= 15 is 0 Å². The normalized spacial score (nSPS) is 29.8. The molecule has 1 saturated carbocycles. The number of rotatable bonds is 5. The number of aliphatic hydroxyl groups is 4. The molecule has 8 N–H and O–H groups in total. The number of nitrogens with one attached hydrogen (secondary N) is 1. The van der Waals surface area contributed by atoms with Gasteiger partial charge in [0.2, 0.25) is 5.78 Å². The SMILES string of the molecule is CCc1coc(Nc2ccc3c(c2O)C(O)=C2C(=O)[C@@]4(O)C(O)=C(C(N)=O)C(=O)[C@H](N(C)C)[C@H]4[C@H](O)[C@H]2[C@@H]3C)n1. The minimum atomic E-state index is -2.97. The molecule has 6 atom stereocenters. The zero-order valence-corrected chi connectivity index (χ0v) is 22.2. The van der Waals surface area contributed by atoms with Gasteiger partial charge in [0.1, 0.15) is 29.1 Å². The third kappa shape index (κ3) is 3.51. The Hall–Kier alpha value is -4.20. The quantitative estimate of drug-likeness (QED) is 0.201. The largest absolute Gasteiger partial charge is 0.508 e. The second kappa shape index (κ2) is 9.18. The predicted octanol–water partition coefficient (Wildman–Crippen LogP) is 0.790. The lowest BCUT2D eigenvalue weighted by atomic mass is 9.54. The summed E-state index contributed by atoms with van der Waals surface area (Å²) in [6.45, 7) is 3.54. The summed E-state index contributed by atoms with van der Waals surface area (Å²) < 4.78 is 5.34. The van der Waals surface area contributed by atoms with Crippen LogP contribution in [0, 0.1) is 11.8 Å². The summed E-state index contributed by atoms with van der Waals surface area (Å²) in [7, 11) is 2.90. The summed E-state index contributed by atoms with van der Waals surface area (Å²) in [4.78, 5) is 44.9. The molecule has 0 bridgehead atoms. The number of aryl methyl sites for hydroxylation is 1. The maximum atomic E-state index is 14.0. The molecule has 40 heavy (non-hydrogen) atoms. The van der Waals surface area contributed by atoms with E-state index in [1.807, 2.05) is 6.92 Å². The van der Waals surface area contributed by atoms with Crippen LogP contribution in [0.2, 0.25) is 0 Å². The zero-order chi connectivity index (χ0) is 29.4. The van der Waals surface area contributed by atoms with Gasteiger partial charge in [-0.3, -0.25) is 19.3 Å². The van der Waals surface area contributed by atoms with Gasteiger partial charge in [0.15, 0.2) is 11.4 Å². The van der Waals surface area contributed by atoms with Gasteiger partial charge in [-0.25, -0.2) is 0 Å². The van der Waals surface area contributed by atoms with Crippen molar-refractivity contribution in [3.63, 3.8) is 0 Å². The smallest absolute Gasteiger partial charge is 0.299 e. The average molecular weight is 555 g/mol. The van der Waals surface area contributed by atoms with Gasteiger partial charge in [0.25, 0.3) is 11.9 Å². The highest BCUT2D eigenvalue weighted by atomic mass is 16.4. The molecule has 3 aliphatic carbocycles. The minimum absolute atomic E-state index is 0.0814. The number of amides is 1. The van der Waals surface area contributed by atoms with E-state index in [4.69, 9.17) is 10.2 Å². The van der Waals surface area contributed by atoms with Gasteiger partial charge in [-0.15, -0.1) is 0 Å². The Kier molecular flexibility index (Phi) is 6.28. The molecule has 5 rings (SSSR count). The monoisotopic (exact) mass is 554 g/mol. The highest BCUT2D eigenvalue weighted by molar-refractivity contribution is 6.24. The van der Waals surface area contributed by atoms with Gasteiger partial charge in [-0.2, -0.15) is 4.98 Å². The molecule has 1 aromatic carbocycles. The molecule has 1 heterocycles. The number of phenols is 1. The van der Waals surface area contributed by atoms with E-state index < -0.39 is 81.4 Å². The van der Waals surface area contributed by atoms with Gasteiger partial charge in [0, 0.05) is 11.5 Å². The number of oxazole rings is 1. The third-order valence-electron chi connectivity index (χ3n) is 8.29. The molecule has 3 aliphatic rings. The van der Waals surface area contributed by atoms with E-state index in [1.165, 1.54) is 31.3 Å². The van der Waals surface area contributed by atoms with Crippen LogP contribution in [-0.4, -0.2) is 84.7 Å². The summed E-state index contributed by atoms with van der Waals surface area (Å²) >= 11 is 0. The average Bonchev–Trinajstić information content (AvgIpc) is 3.34. The number of carbonyl (C=O) groups excluding carboxylic acids is 3. The Morgan fingerprint density at radius 3 is 2.48 bits per heavy atom. The minimum Gasteiger partial charge on any atom is -0.508 e. The number of phenolic OH excluding ortho intramolecular Hbond substituents is 1. The van der Waals surface area contributed by atoms with Crippen LogP contribution in [0.4, 0.5) is 11.7 Å². The van der Waals surface area contributed by atoms with Crippen molar-refractivity contribution >= 4 is 34.9 Å². The van der Waals surface area contributed by atoms with E-state index in [9.17, 15) is 39.9 Å². The van der Waals surface area contributed by atoms with Crippen LogP contribution in [0.5, 0.6) is 5.75 Å². The fraction of sp³-hybridized carbons (Fsp3) is 0.407.